The molecule has 23 heavy (non-hydrogen) atoms. The first kappa shape index (κ1) is 16.4. The van der Waals surface area contributed by atoms with E-state index in [4.69, 9.17) is 16.3 Å². The minimum atomic E-state index is -0.845. The van der Waals surface area contributed by atoms with Crippen molar-refractivity contribution in [2.24, 2.45) is 0 Å². The number of nitrogens with zero attached hydrogens (tertiary/aromatic N) is 2. The molecule has 0 unspecified atom stereocenters. The van der Waals surface area contributed by atoms with Crippen molar-refractivity contribution in [1.29, 1.82) is 0 Å². The van der Waals surface area contributed by atoms with Crippen molar-refractivity contribution in [1.82, 2.24) is 5.16 Å². The van der Waals surface area contributed by atoms with Gasteiger partial charge in [0.15, 0.2) is 6.61 Å². The first-order valence-corrected chi connectivity index (χ1v) is 6.59. The van der Waals surface area contributed by atoms with Crippen LogP contribution in [0.15, 0.2) is 28.8 Å². The highest BCUT2D eigenvalue weighted by atomic mass is 35.5. The minimum Gasteiger partial charge on any atom is -0.450 e. The molecule has 10 heteroatoms. The van der Waals surface area contributed by atoms with E-state index in [2.05, 4.69) is 15.0 Å². The van der Waals surface area contributed by atoms with Crippen LogP contribution in [0.25, 0.3) is 0 Å². The second-order valence-corrected chi connectivity index (χ2v) is 4.79. The Labute approximate surface area is 134 Å². The van der Waals surface area contributed by atoms with Crippen molar-refractivity contribution in [3.05, 3.63) is 50.9 Å². The third-order valence-corrected chi connectivity index (χ3v) is 2.91. The Balaban J connectivity index is 1.93. The van der Waals surface area contributed by atoms with Gasteiger partial charge in [0.05, 0.1) is 10.6 Å². The molecule has 0 radical (unpaired) electrons. The van der Waals surface area contributed by atoms with Crippen LogP contribution < -0.4 is 5.32 Å². The van der Waals surface area contributed by atoms with Gasteiger partial charge in [-0.05, 0) is 19.1 Å². The molecule has 1 N–H and O–H groups in total. The summed E-state index contributed by atoms with van der Waals surface area (Å²) < 4.78 is 9.42. The molecule has 0 aliphatic carbocycles. The summed E-state index contributed by atoms with van der Waals surface area (Å²) in [6.45, 7) is 1.04. The van der Waals surface area contributed by atoms with E-state index in [9.17, 15) is 19.7 Å². The van der Waals surface area contributed by atoms with Gasteiger partial charge in [-0.1, -0.05) is 16.8 Å². The van der Waals surface area contributed by atoms with Gasteiger partial charge in [-0.2, -0.15) is 0 Å². The van der Waals surface area contributed by atoms with Gasteiger partial charge in [-0.3, -0.25) is 14.9 Å². The summed E-state index contributed by atoms with van der Waals surface area (Å²) in [5, 5.41) is 16.6. The molecule has 1 amide bonds. The number of nitrogens with one attached hydrogen (secondary N) is 1. The average molecular weight is 340 g/mol. The van der Waals surface area contributed by atoms with E-state index in [0.717, 1.165) is 6.07 Å². The van der Waals surface area contributed by atoms with E-state index in [1.165, 1.54) is 18.2 Å². The number of carbonyl (C=O) groups excluding carboxylic acids is 2. The van der Waals surface area contributed by atoms with E-state index in [1.54, 1.807) is 6.92 Å². The highest BCUT2D eigenvalue weighted by Gasteiger charge is 2.17. The third-order valence-electron chi connectivity index (χ3n) is 2.59. The smallest absolute Gasteiger partial charge is 0.377 e. The number of amides is 1. The summed E-state index contributed by atoms with van der Waals surface area (Å²) in [4.78, 5) is 33.3. The first-order valence-electron chi connectivity index (χ1n) is 6.21. The lowest BCUT2D eigenvalue weighted by Gasteiger charge is -2.06. The van der Waals surface area contributed by atoms with Crippen LogP contribution in [0.1, 0.15) is 16.2 Å². The lowest BCUT2D eigenvalue weighted by molar-refractivity contribution is -0.384. The molecule has 0 spiro atoms. The van der Waals surface area contributed by atoms with Crippen LogP contribution in [0, 0.1) is 17.0 Å². The second kappa shape index (κ2) is 6.88. The monoisotopic (exact) mass is 339 g/mol. The molecule has 0 bridgehead atoms. The molecule has 0 saturated carbocycles. The van der Waals surface area contributed by atoms with Crippen LogP contribution >= 0.6 is 11.6 Å². The van der Waals surface area contributed by atoms with E-state index >= 15 is 0 Å². The van der Waals surface area contributed by atoms with Crippen molar-refractivity contribution in [2.75, 3.05) is 11.9 Å². The molecule has 9 nitrogen and oxygen atoms in total. The topological polar surface area (TPSA) is 125 Å². The summed E-state index contributed by atoms with van der Waals surface area (Å²) in [5.74, 6) is -1.65. The summed E-state index contributed by atoms with van der Waals surface area (Å²) >= 11 is 5.66. The van der Waals surface area contributed by atoms with Gasteiger partial charge in [0.25, 0.3) is 11.6 Å². The van der Waals surface area contributed by atoms with Gasteiger partial charge in [-0.25, -0.2) is 4.79 Å². The first-order chi connectivity index (χ1) is 10.9. The molecule has 0 atom stereocenters. The van der Waals surface area contributed by atoms with Crippen LogP contribution in [0.2, 0.25) is 5.02 Å². The quantitative estimate of drug-likeness (QED) is 0.503. The Morgan fingerprint density at radius 2 is 2.17 bits per heavy atom. The molecule has 2 rings (SSSR count). The number of hydrogen-bond donors (Lipinski definition) is 1. The zero-order valence-electron chi connectivity index (χ0n) is 11.7. The SMILES string of the molecule is Cc1cc(C(=O)OCC(=O)Nc2ccc(Cl)c([N+](=O)[O-])c2)on1. The molecule has 0 saturated heterocycles. The lowest BCUT2D eigenvalue weighted by atomic mass is 10.3. The number of nitro groups is 1. The van der Waals surface area contributed by atoms with Crippen LogP contribution in [0.3, 0.4) is 0 Å². The Bertz CT molecular complexity index is 773. The number of carbonyl (C=O) groups is 2. The molecular weight excluding hydrogens is 330 g/mol. The highest BCUT2D eigenvalue weighted by Crippen LogP contribution is 2.27. The average Bonchev–Trinajstić information content (AvgIpc) is 2.93. The van der Waals surface area contributed by atoms with E-state index in [-0.39, 0.29) is 22.2 Å². The number of hydrogen-bond acceptors (Lipinski definition) is 7. The molecular formula is C13H10ClN3O6. The van der Waals surface area contributed by atoms with Crippen molar-refractivity contribution in [3.8, 4) is 0 Å². The number of rotatable bonds is 5. The maximum atomic E-state index is 11.7. The molecule has 1 aromatic carbocycles. The largest absolute Gasteiger partial charge is 0.450 e. The maximum absolute atomic E-state index is 11.7. The van der Waals surface area contributed by atoms with Crippen molar-refractivity contribution >= 4 is 34.9 Å². The van der Waals surface area contributed by atoms with Gasteiger partial charge < -0.3 is 14.6 Å². The van der Waals surface area contributed by atoms with E-state index in [0.29, 0.717) is 5.69 Å². The molecule has 1 heterocycles. The van der Waals surface area contributed by atoms with Crippen molar-refractivity contribution < 1.29 is 23.8 Å². The van der Waals surface area contributed by atoms with Crippen LogP contribution in [0.4, 0.5) is 11.4 Å². The molecule has 120 valence electrons. The third kappa shape index (κ3) is 4.27. The van der Waals surface area contributed by atoms with Crippen LogP contribution in [-0.2, 0) is 9.53 Å². The van der Waals surface area contributed by atoms with Crippen LogP contribution in [-0.4, -0.2) is 28.6 Å². The maximum Gasteiger partial charge on any atom is 0.377 e. The summed E-state index contributed by atoms with van der Waals surface area (Å²) in [6, 6.07) is 5.12. The van der Waals surface area contributed by atoms with Crippen LogP contribution in [0.5, 0.6) is 0 Å². The normalized spacial score (nSPS) is 10.2. The zero-order chi connectivity index (χ0) is 17.0. The summed E-state index contributed by atoms with van der Waals surface area (Å²) in [6.07, 6.45) is 0. The Kier molecular flexibility index (Phi) is 4.91. The number of aryl methyl sites for hydroxylation is 1. The predicted molar refractivity (Wildman–Crippen MR) is 78.3 cm³/mol. The summed E-state index contributed by atoms with van der Waals surface area (Å²) in [5.41, 5.74) is 0.297. The number of esters is 1. The highest BCUT2D eigenvalue weighted by molar-refractivity contribution is 6.32. The standard InChI is InChI=1S/C13H10ClN3O6/c1-7-4-11(23-16-7)13(19)22-6-12(18)15-8-2-3-9(14)10(5-8)17(20)21/h2-5H,6H2,1H3,(H,15,18). The number of aromatic nitrogens is 1. The predicted octanol–water partition coefficient (Wildman–Crippen LogP) is 2.34. The van der Waals surface area contributed by atoms with Gasteiger partial charge in [0.2, 0.25) is 5.76 Å². The molecule has 0 aliphatic heterocycles. The number of halogens is 1. The number of anilines is 1. The van der Waals surface area contributed by atoms with Gasteiger partial charge in [-0.15, -0.1) is 0 Å². The number of benzene rings is 1. The number of ether oxygens (including phenoxy) is 1. The zero-order valence-corrected chi connectivity index (χ0v) is 12.5. The molecule has 0 fully saturated rings. The second-order valence-electron chi connectivity index (χ2n) is 4.38. The van der Waals surface area contributed by atoms with Crippen molar-refractivity contribution in [2.45, 2.75) is 6.92 Å². The Hall–Kier alpha value is -2.94. The summed E-state index contributed by atoms with van der Waals surface area (Å²) in [7, 11) is 0. The van der Waals surface area contributed by atoms with E-state index < -0.39 is 23.4 Å². The van der Waals surface area contributed by atoms with Crippen molar-refractivity contribution in [3.63, 3.8) is 0 Å². The van der Waals surface area contributed by atoms with Gasteiger partial charge in [0.1, 0.15) is 5.02 Å². The van der Waals surface area contributed by atoms with Gasteiger partial charge in [0, 0.05) is 17.8 Å². The molecule has 1 aromatic heterocycles. The van der Waals surface area contributed by atoms with Gasteiger partial charge >= 0.3 is 5.97 Å². The lowest BCUT2D eigenvalue weighted by Crippen LogP contribution is -2.20. The minimum absolute atomic E-state index is 0.0554. The van der Waals surface area contributed by atoms with E-state index in [1.807, 2.05) is 0 Å². The Morgan fingerprint density at radius 1 is 1.43 bits per heavy atom. The Morgan fingerprint density at radius 3 is 2.78 bits per heavy atom. The molecule has 2 aromatic rings. The fourth-order valence-electron chi connectivity index (χ4n) is 1.59. The molecule has 0 aliphatic rings. The fraction of sp³-hybridized carbons (Fsp3) is 0.154. The number of nitro benzene ring substituents is 1. The fourth-order valence-corrected chi connectivity index (χ4v) is 1.78.